The lowest BCUT2D eigenvalue weighted by Gasteiger charge is -2.16. The van der Waals surface area contributed by atoms with Gasteiger partial charge in [-0.25, -0.2) is 14.5 Å². The van der Waals surface area contributed by atoms with Crippen LogP contribution in [0.2, 0.25) is 0 Å². The average molecular weight is 373 g/mol. The topological polar surface area (TPSA) is 47.8 Å². The van der Waals surface area contributed by atoms with Crippen LogP contribution in [-0.4, -0.2) is 14.5 Å². The van der Waals surface area contributed by atoms with Crippen LogP contribution in [-0.2, 0) is 0 Å². The maximum atomic E-state index is 13.2. The zero-order valence-corrected chi connectivity index (χ0v) is 16.0. The fourth-order valence-electron chi connectivity index (χ4n) is 2.94. The second-order valence-electron chi connectivity index (χ2n) is 6.42. The molecule has 0 bridgehead atoms. The predicted octanol–water partition coefficient (Wildman–Crippen LogP) is 4.94. The first-order valence-corrected chi connectivity index (χ1v) is 9.68. The predicted molar refractivity (Wildman–Crippen MR) is 111 cm³/mol. The van der Waals surface area contributed by atoms with Crippen molar-refractivity contribution in [2.75, 3.05) is 0 Å². The van der Waals surface area contributed by atoms with E-state index in [0.717, 1.165) is 5.56 Å². The molecule has 4 nitrogen and oxygen atoms in total. The second-order valence-corrected chi connectivity index (χ2v) is 7.72. The van der Waals surface area contributed by atoms with Gasteiger partial charge in [0.25, 0.3) is 5.56 Å². The molecule has 2 aromatic heterocycles. The largest absolute Gasteiger partial charge is 0.268 e. The number of rotatable bonds is 4. The summed E-state index contributed by atoms with van der Waals surface area (Å²) in [5.41, 5.74) is 2.84. The Morgan fingerprint density at radius 2 is 1.70 bits per heavy atom. The molecule has 134 valence electrons. The molecule has 0 aliphatic heterocycles. The highest BCUT2D eigenvalue weighted by atomic mass is 32.2. The first-order valence-electron chi connectivity index (χ1n) is 8.80. The SMILES string of the molecule is Cc1ccc(-n2c(SC(C)c3ccccc3)nc3ccccc3c2=O)nc1. The molecule has 4 rings (SSSR count). The van der Waals surface area contributed by atoms with Gasteiger partial charge in [-0.1, -0.05) is 60.3 Å². The van der Waals surface area contributed by atoms with E-state index in [9.17, 15) is 4.79 Å². The van der Waals surface area contributed by atoms with Gasteiger partial charge in [0.15, 0.2) is 5.16 Å². The van der Waals surface area contributed by atoms with E-state index in [4.69, 9.17) is 4.98 Å². The van der Waals surface area contributed by atoms with Gasteiger partial charge in [0.05, 0.1) is 10.9 Å². The third kappa shape index (κ3) is 3.51. The number of para-hydroxylation sites is 1. The molecule has 0 saturated heterocycles. The van der Waals surface area contributed by atoms with Crippen molar-refractivity contribution in [1.29, 1.82) is 0 Å². The Balaban J connectivity index is 1.88. The molecule has 2 aromatic carbocycles. The maximum absolute atomic E-state index is 13.2. The van der Waals surface area contributed by atoms with Gasteiger partial charge in [0, 0.05) is 11.4 Å². The lowest BCUT2D eigenvalue weighted by molar-refractivity contribution is 0.791. The van der Waals surface area contributed by atoms with Gasteiger partial charge in [-0.15, -0.1) is 0 Å². The van der Waals surface area contributed by atoms with Crippen LogP contribution in [0, 0.1) is 6.92 Å². The Morgan fingerprint density at radius 3 is 2.44 bits per heavy atom. The van der Waals surface area contributed by atoms with Crippen LogP contribution in [0.15, 0.2) is 82.9 Å². The van der Waals surface area contributed by atoms with E-state index >= 15 is 0 Å². The standard InChI is InChI=1S/C22H19N3OS/c1-15-12-13-20(23-14-15)25-21(26)18-10-6-7-11-19(18)24-22(25)27-16(2)17-8-4-3-5-9-17/h3-14,16H,1-2H3. The summed E-state index contributed by atoms with van der Waals surface area (Å²) in [5, 5.41) is 1.39. The minimum absolute atomic E-state index is 0.0975. The molecular formula is C22H19N3OS. The van der Waals surface area contributed by atoms with Crippen molar-refractivity contribution in [2.45, 2.75) is 24.3 Å². The van der Waals surface area contributed by atoms with Crippen LogP contribution in [0.4, 0.5) is 0 Å². The first-order chi connectivity index (χ1) is 13.1. The smallest absolute Gasteiger partial charge is 0.267 e. The van der Waals surface area contributed by atoms with Crippen molar-refractivity contribution in [2.24, 2.45) is 0 Å². The van der Waals surface area contributed by atoms with Gasteiger partial charge in [-0.2, -0.15) is 0 Å². The molecule has 0 amide bonds. The van der Waals surface area contributed by atoms with E-state index in [1.54, 1.807) is 22.5 Å². The number of hydrogen-bond acceptors (Lipinski definition) is 4. The summed E-state index contributed by atoms with van der Waals surface area (Å²) in [6.07, 6.45) is 1.77. The Bertz CT molecular complexity index is 1140. The van der Waals surface area contributed by atoms with Gasteiger partial charge in [0.2, 0.25) is 0 Å². The highest BCUT2D eigenvalue weighted by molar-refractivity contribution is 7.99. The Kier molecular flexibility index (Phi) is 4.77. The van der Waals surface area contributed by atoms with Crippen molar-refractivity contribution in [3.05, 3.63) is 94.4 Å². The van der Waals surface area contributed by atoms with Crippen molar-refractivity contribution >= 4 is 22.7 Å². The Morgan fingerprint density at radius 1 is 0.963 bits per heavy atom. The molecule has 0 radical (unpaired) electrons. The van der Waals surface area contributed by atoms with E-state index in [-0.39, 0.29) is 10.8 Å². The molecular weight excluding hydrogens is 354 g/mol. The Hall–Kier alpha value is -2.92. The lowest BCUT2D eigenvalue weighted by atomic mass is 10.2. The number of nitrogens with zero attached hydrogens (tertiary/aromatic N) is 3. The molecule has 4 aromatic rings. The Labute approximate surface area is 161 Å². The molecule has 0 fully saturated rings. The quantitative estimate of drug-likeness (QED) is 0.375. The molecule has 0 saturated carbocycles. The van der Waals surface area contributed by atoms with Crippen molar-refractivity contribution in [3.8, 4) is 5.82 Å². The summed E-state index contributed by atoms with van der Waals surface area (Å²) >= 11 is 1.56. The molecule has 1 atom stereocenters. The van der Waals surface area contributed by atoms with E-state index in [1.165, 1.54) is 5.56 Å². The normalized spacial score (nSPS) is 12.2. The molecule has 0 N–H and O–H groups in total. The van der Waals surface area contributed by atoms with Crippen LogP contribution in [0.1, 0.15) is 23.3 Å². The number of thioether (sulfide) groups is 1. The zero-order valence-electron chi connectivity index (χ0n) is 15.2. The summed E-state index contributed by atoms with van der Waals surface area (Å²) in [6, 6.07) is 21.5. The lowest BCUT2D eigenvalue weighted by Crippen LogP contribution is -2.22. The number of pyridine rings is 1. The summed E-state index contributed by atoms with van der Waals surface area (Å²) < 4.78 is 1.62. The summed E-state index contributed by atoms with van der Waals surface area (Å²) in [6.45, 7) is 4.10. The second kappa shape index (κ2) is 7.37. The molecule has 0 spiro atoms. The minimum Gasteiger partial charge on any atom is -0.268 e. The van der Waals surface area contributed by atoms with E-state index in [2.05, 4.69) is 24.0 Å². The van der Waals surface area contributed by atoms with Gasteiger partial charge in [0.1, 0.15) is 5.82 Å². The minimum atomic E-state index is -0.0975. The van der Waals surface area contributed by atoms with E-state index in [0.29, 0.717) is 21.9 Å². The number of hydrogen-bond donors (Lipinski definition) is 0. The van der Waals surface area contributed by atoms with Gasteiger partial charge in [-0.05, 0) is 43.2 Å². The van der Waals surface area contributed by atoms with Gasteiger partial charge in [-0.3, -0.25) is 4.79 Å². The highest BCUT2D eigenvalue weighted by Crippen LogP contribution is 2.34. The van der Waals surface area contributed by atoms with E-state index < -0.39 is 0 Å². The molecule has 0 aliphatic rings. The number of aryl methyl sites for hydroxylation is 1. The van der Waals surface area contributed by atoms with Crippen LogP contribution in [0.5, 0.6) is 0 Å². The average Bonchev–Trinajstić information content (AvgIpc) is 2.70. The van der Waals surface area contributed by atoms with Gasteiger partial charge >= 0.3 is 0 Å². The van der Waals surface area contributed by atoms with Crippen molar-refractivity contribution in [1.82, 2.24) is 14.5 Å². The molecule has 2 heterocycles. The molecule has 1 unspecified atom stereocenters. The fraction of sp³-hybridized carbons (Fsp3) is 0.136. The summed E-state index contributed by atoms with van der Waals surface area (Å²) in [4.78, 5) is 22.5. The van der Waals surface area contributed by atoms with E-state index in [1.807, 2.05) is 61.5 Å². The molecule has 0 aliphatic carbocycles. The zero-order chi connectivity index (χ0) is 18.8. The maximum Gasteiger partial charge on any atom is 0.267 e. The number of fused-ring (bicyclic) bond motifs is 1. The summed E-state index contributed by atoms with van der Waals surface area (Å²) in [5.74, 6) is 0.589. The summed E-state index contributed by atoms with van der Waals surface area (Å²) in [7, 11) is 0. The monoisotopic (exact) mass is 373 g/mol. The van der Waals surface area contributed by atoms with Crippen molar-refractivity contribution in [3.63, 3.8) is 0 Å². The third-order valence-electron chi connectivity index (χ3n) is 4.42. The van der Waals surface area contributed by atoms with Crippen LogP contribution < -0.4 is 5.56 Å². The third-order valence-corrected chi connectivity index (χ3v) is 5.53. The molecule has 27 heavy (non-hydrogen) atoms. The first kappa shape index (κ1) is 17.5. The van der Waals surface area contributed by atoms with Crippen molar-refractivity contribution < 1.29 is 0 Å². The molecule has 5 heteroatoms. The van der Waals surface area contributed by atoms with Crippen LogP contribution in [0.3, 0.4) is 0 Å². The van der Waals surface area contributed by atoms with Crippen LogP contribution >= 0.6 is 11.8 Å². The number of aromatic nitrogens is 3. The number of benzene rings is 2. The fourth-order valence-corrected chi connectivity index (χ4v) is 3.98. The highest BCUT2D eigenvalue weighted by Gasteiger charge is 2.17. The van der Waals surface area contributed by atoms with Crippen LogP contribution in [0.25, 0.3) is 16.7 Å². The van der Waals surface area contributed by atoms with Gasteiger partial charge < -0.3 is 0 Å².